The summed E-state index contributed by atoms with van der Waals surface area (Å²) >= 11 is 6.53. The average molecular weight is 428 g/mol. The molecule has 0 aliphatic carbocycles. The number of amides is 1. The van der Waals surface area contributed by atoms with Gasteiger partial charge in [-0.2, -0.15) is 0 Å². The molecule has 0 bridgehead atoms. The first kappa shape index (κ1) is 20.2. The van der Waals surface area contributed by atoms with Crippen molar-refractivity contribution in [3.05, 3.63) is 28.7 Å². The molecular weight excluding hydrogens is 406 g/mol. The smallest absolute Gasteiger partial charge is 0.266 e. The molecule has 0 spiro atoms. The maximum absolute atomic E-state index is 12.8. The normalized spacial score (nSPS) is 23.3. The topological polar surface area (TPSA) is 72.9 Å². The third kappa shape index (κ3) is 4.47. The van der Waals surface area contributed by atoms with Gasteiger partial charge in [0.15, 0.2) is 21.3 Å². The molecule has 1 aromatic carbocycles. The molecule has 1 amide bonds. The predicted molar refractivity (Wildman–Crippen MR) is 111 cm³/mol. The van der Waals surface area contributed by atoms with E-state index >= 15 is 0 Å². The number of thioether (sulfide) groups is 1. The van der Waals surface area contributed by atoms with Crippen molar-refractivity contribution < 1.29 is 22.7 Å². The molecule has 2 heterocycles. The molecule has 0 N–H and O–H groups in total. The summed E-state index contributed by atoms with van der Waals surface area (Å²) in [7, 11) is -3.09. The third-order valence-corrected chi connectivity index (χ3v) is 7.34. The van der Waals surface area contributed by atoms with Crippen molar-refractivity contribution in [2.24, 2.45) is 0 Å². The first-order chi connectivity index (χ1) is 12.8. The Morgan fingerprint density at radius 1 is 1.26 bits per heavy atom. The van der Waals surface area contributed by atoms with E-state index in [9.17, 15) is 13.2 Å². The number of nitrogens with zero attached hydrogens (tertiary/aromatic N) is 1. The molecule has 2 aliphatic rings. The molecule has 2 saturated heterocycles. The number of hydrogen-bond acceptors (Lipinski definition) is 7. The van der Waals surface area contributed by atoms with E-state index in [4.69, 9.17) is 21.7 Å². The zero-order chi connectivity index (χ0) is 19.6. The fraction of sp³-hybridized carbons (Fsp3) is 0.444. The van der Waals surface area contributed by atoms with Gasteiger partial charge in [0.2, 0.25) is 0 Å². The van der Waals surface area contributed by atoms with Crippen LogP contribution in [0.4, 0.5) is 0 Å². The number of ether oxygens (including phenoxy) is 2. The molecule has 1 atom stereocenters. The van der Waals surface area contributed by atoms with E-state index in [1.165, 1.54) is 16.7 Å². The SMILES string of the molecule is CCOc1ccc(/C=C2/SC(=S)N(C3CCS(=O)(=O)C3)C2=O)cc1OCC. The number of sulfone groups is 1. The Hall–Kier alpha value is -1.58. The first-order valence-corrected chi connectivity index (χ1v) is 11.8. The molecular formula is C18H21NO5S3. The highest BCUT2D eigenvalue weighted by Gasteiger charge is 2.42. The van der Waals surface area contributed by atoms with Gasteiger partial charge in [-0.1, -0.05) is 30.0 Å². The second kappa shape index (κ2) is 8.20. The Morgan fingerprint density at radius 3 is 2.59 bits per heavy atom. The Kier molecular flexibility index (Phi) is 6.12. The van der Waals surface area contributed by atoms with Crippen LogP contribution in [0.25, 0.3) is 6.08 Å². The Bertz CT molecular complexity index is 894. The summed E-state index contributed by atoms with van der Waals surface area (Å²) in [6.07, 6.45) is 2.18. The molecule has 1 unspecified atom stereocenters. The number of carbonyl (C=O) groups excluding carboxylic acids is 1. The standard InChI is InChI=1S/C18H21NO5S3/c1-3-23-14-6-5-12(9-15(14)24-4-2)10-16-17(20)19(18(25)26-16)13-7-8-27(21,22)11-13/h5-6,9-10,13H,3-4,7-8,11H2,1-2H3/b16-10+. The van der Waals surface area contributed by atoms with Gasteiger partial charge < -0.3 is 9.47 Å². The van der Waals surface area contributed by atoms with Crippen molar-refractivity contribution >= 4 is 50.1 Å². The number of rotatable bonds is 6. The van der Waals surface area contributed by atoms with Crippen molar-refractivity contribution in [1.82, 2.24) is 4.90 Å². The van der Waals surface area contributed by atoms with E-state index in [1.54, 1.807) is 6.08 Å². The van der Waals surface area contributed by atoms with Gasteiger partial charge in [0, 0.05) is 0 Å². The number of benzene rings is 1. The molecule has 0 aromatic heterocycles. The minimum atomic E-state index is -3.09. The highest BCUT2D eigenvalue weighted by molar-refractivity contribution is 8.26. The molecule has 146 valence electrons. The fourth-order valence-electron chi connectivity index (χ4n) is 3.08. The molecule has 27 heavy (non-hydrogen) atoms. The van der Waals surface area contributed by atoms with Crippen LogP contribution >= 0.6 is 24.0 Å². The van der Waals surface area contributed by atoms with Gasteiger partial charge in [-0.05, 0) is 44.0 Å². The summed E-state index contributed by atoms with van der Waals surface area (Å²) in [6, 6.07) is 5.11. The van der Waals surface area contributed by atoms with Crippen LogP contribution in [0.2, 0.25) is 0 Å². The van der Waals surface area contributed by atoms with E-state index in [0.717, 1.165) is 5.56 Å². The van der Waals surface area contributed by atoms with Crippen molar-refractivity contribution in [1.29, 1.82) is 0 Å². The number of thiocarbonyl (C=S) groups is 1. The summed E-state index contributed by atoms with van der Waals surface area (Å²) in [4.78, 5) is 14.7. The maximum Gasteiger partial charge on any atom is 0.266 e. The first-order valence-electron chi connectivity index (χ1n) is 8.71. The third-order valence-electron chi connectivity index (χ3n) is 4.26. The van der Waals surface area contributed by atoms with Crippen LogP contribution in [0.3, 0.4) is 0 Å². The van der Waals surface area contributed by atoms with E-state index in [0.29, 0.717) is 40.4 Å². The van der Waals surface area contributed by atoms with Gasteiger partial charge in [0.25, 0.3) is 5.91 Å². The molecule has 9 heteroatoms. The van der Waals surface area contributed by atoms with Crippen LogP contribution in [0.5, 0.6) is 11.5 Å². The summed E-state index contributed by atoms with van der Waals surface area (Å²) in [5.74, 6) is 1.11. The molecule has 0 radical (unpaired) electrons. The predicted octanol–water partition coefficient (Wildman–Crippen LogP) is 2.87. The van der Waals surface area contributed by atoms with Gasteiger partial charge in [-0.25, -0.2) is 8.42 Å². The van der Waals surface area contributed by atoms with Gasteiger partial charge in [-0.15, -0.1) is 0 Å². The van der Waals surface area contributed by atoms with Gasteiger partial charge in [0.05, 0.1) is 35.7 Å². The Balaban J connectivity index is 1.84. The summed E-state index contributed by atoms with van der Waals surface area (Å²) in [5.41, 5.74) is 0.793. The summed E-state index contributed by atoms with van der Waals surface area (Å²) in [6.45, 7) is 4.82. The molecule has 2 fully saturated rings. The van der Waals surface area contributed by atoms with Gasteiger partial charge in [0.1, 0.15) is 4.32 Å². The van der Waals surface area contributed by atoms with Crippen LogP contribution in [-0.2, 0) is 14.6 Å². The lowest BCUT2D eigenvalue weighted by Gasteiger charge is -2.20. The van der Waals surface area contributed by atoms with E-state index < -0.39 is 9.84 Å². The second-order valence-electron chi connectivity index (χ2n) is 6.18. The molecule has 3 rings (SSSR count). The second-order valence-corrected chi connectivity index (χ2v) is 10.1. The zero-order valence-corrected chi connectivity index (χ0v) is 17.6. The lowest BCUT2D eigenvalue weighted by molar-refractivity contribution is -0.123. The minimum Gasteiger partial charge on any atom is -0.490 e. The van der Waals surface area contributed by atoms with Crippen LogP contribution in [0.15, 0.2) is 23.1 Å². The monoisotopic (exact) mass is 427 g/mol. The molecule has 0 saturated carbocycles. The summed E-state index contributed by atoms with van der Waals surface area (Å²) in [5, 5.41) is 0. The zero-order valence-electron chi connectivity index (χ0n) is 15.1. The van der Waals surface area contributed by atoms with Crippen molar-refractivity contribution in [2.75, 3.05) is 24.7 Å². The highest BCUT2D eigenvalue weighted by Crippen LogP contribution is 2.37. The van der Waals surface area contributed by atoms with E-state index in [1.807, 2.05) is 32.0 Å². The van der Waals surface area contributed by atoms with Crippen molar-refractivity contribution in [3.8, 4) is 11.5 Å². The number of hydrogen-bond donors (Lipinski definition) is 0. The lowest BCUT2D eigenvalue weighted by atomic mass is 10.1. The Morgan fingerprint density at radius 2 is 1.96 bits per heavy atom. The largest absolute Gasteiger partial charge is 0.490 e. The van der Waals surface area contributed by atoms with Gasteiger partial charge in [-0.3, -0.25) is 9.69 Å². The van der Waals surface area contributed by atoms with E-state index in [2.05, 4.69) is 0 Å². The average Bonchev–Trinajstić information content (AvgIpc) is 3.09. The summed E-state index contributed by atoms with van der Waals surface area (Å²) < 4.78 is 35.1. The Labute approximate surface area is 168 Å². The molecule has 6 nitrogen and oxygen atoms in total. The minimum absolute atomic E-state index is 0.0235. The van der Waals surface area contributed by atoms with Crippen molar-refractivity contribution in [2.45, 2.75) is 26.3 Å². The van der Waals surface area contributed by atoms with Crippen LogP contribution in [0.1, 0.15) is 25.8 Å². The van der Waals surface area contributed by atoms with Crippen LogP contribution in [-0.4, -0.2) is 54.3 Å². The van der Waals surface area contributed by atoms with Crippen molar-refractivity contribution in [3.63, 3.8) is 0 Å². The fourth-order valence-corrected chi connectivity index (χ4v) is 6.18. The maximum atomic E-state index is 12.8. The van der Waals surface area contributed by atoms with Crippen LogP contribution < -0.4 is 9.47 Å². The quantitative estimate of drug-likeness (QED) is 0.510. The highest BCUT2D eigenvalue weighted by atomic mass is 32.2. The number of carbonyl (C=O) groups is 1. The molecule has 2 aliphatic heterocycles. The van der Waals surface area contributed by atoms with E-state index in [-0.39, 0.29) is 23.5 Å². The van der Waals surface area contributed by atoms with Gasteiger partial charge >= 0.3 is 0 Å². The molecule has 1 aromatic rings. The lowest BCUT2D eigenvalue weighted by Crippen LogP contribution is -2.39. The van der Waals surface area contributed by atoms with Crippen LogP contribution in [0, 0.1) is 0 Å².